The maximum Gasteiger partial charge on any atom is -0.00471 e. The average Bonchev–Trinajstić information content (AvgIpc) is 3.38. The summed E-state index contributed by atoms with van der Waals surface area (Å²) in [6.45, 7) is 6.28. The van der Waals surface area contributed by atoms with E-state index in [0.29, 0.717) is 54.2 Å². The number of aryl methyl sites for hydroxylation is 1. The molecule has 1 fully saturated rings. The molecule has 0 spiro atoms. The number of piperidine rings is 1. The number of nitrogens with two attached hydrogens (primary N) is 1. The number of carbonyl (C=O) groups excluding carboxylic acids is 1. The molecule has 1 atom stereocenters. The molecule has 1 aliphatic heterocycles. The molecule has 1 aromatic carbocycles. The van der Waals surface area contributed by atoms with Gasteiger partial charge in [-0.25, -0.2) is 0 Å². The van der Waals surface area contributed by atoms with E-state index in [9.17, 15) is 17.9 Å². The number of thiazole rings is 1. The van der Waals surface area contributed by atoms with E-state index in [-0.39, 0.29) is 29.0 Å². The van der Waals surface area contributed by atoms with Crippen molar-refractivity contribution < 1.29 is 22.7 Å². The van der Waals surface area contributed by atoms with Gasteiger partial charge in [0.25, 0.3) is 0 Å². The first-order valence-corrected chi connectivity index (χ1v) is 14.0. The number of Topliss-reactive ketones (excluding diaryl/α,β-unsaturated/α-hetero) is 1. The Labute approximate surface area is 216 Å². The zero-order valence-corrected chi connectivity index (χ0v) is 22.6. The quantitative estimate of drug-likeness (QED) is 0.203. The van der Waals surface area contributed by atoms with Crippen molar-refractivity contribution >= 4 is 40.3 Å². The zero-order valence-electron chi connectivity index (χ0n) is 21.0. The van der Waals surface area contributed by atoms with Gasteiger partial charge in [0.1, 0.15) is 5.75 Å². The monoisotopic (exact) mass is 533 g/mol. The number of guanidine groups is 1. The Balaban J connectivity index is 1.69. The molecule has 1 saturated heterocycles. The first-order chi connectivity index (χ1) is 17.1. The Morgan fingerprint density at radius 3 is 2.61 bits per heavy atom. The number of ketones is 1. The van der Waals surface area contributed by atoms with Gasteiger partial charge in [-0.3, -0.25) is 0 Å². The molecule has 3 N–H and O–H groups in total. The Morgan fingerprint density at radius 1 is 1.33 bits per heavy atom. The molecule has 36 heavy (non-hydrogen) atoms. The SMILES string of the molecule is COc1cc(C)c(S(=O)(=O)/N=C(\N)N2CCC(CC(NCB=O)C(=O)c3nccs3)CC2)c(C)c1C. The van der Waals surface area contributed by atoms with Crippen molar-refractivity contribution in [2.75, 3.05) is 26.6 Å². The molecule has 0 bridgehead atoms. The van der Waals surface area contributed by atoms with Gasteiger partial charge < -0.3 is 4.74 Å². The van der Waals surface area contributed by atoms with E-state index in [1.807, 2.05) is 0 Å². The van der Waals surface area contributed by atoms with Crippen molar-refractivity contribution in [1.82, 2.24) is 15.2 Å². The van der Waals surface area contributed by atoms with E-state index in [1.165, 1.54) is 11.3 Å². The van der Waals surface area contributed by atoms with Crippen LogP contribution in [0.25, 0.3) is 0 Å². The molecule has 13 heteroatoms. The van der Waals surface area contributed by atoms with E-state index < -0.39 is 16.1 Å². The summed E-state index contributed by atoms with van der Waals surface area (Å²) >= 11 is 1.27. The Bertz CT molecular complexity index is 1230. The summed E-state index contributed by atoms with van der Waals surface area (Å²) in [6, 6.07) is 1.18. The Morgan fingerprint density at radius 2 is 2.03 bits per heavy atom. The van der Waals surface area contributed by atoms with Crippen molar-refractivity contribution in [3.63, 3.8) is 0 Å². The molecule has 2 aromatic rings. The van der Waals surface area contributed by atoms with Crippen LogP contribution >= 0.6 is 11.3 Å². The third kappa shape index (κ3) is 6.37. The van der Waals surface area contributed by atoms with E-state index >= 15 is 0 Å². The van der Waals surface area contributed by atoms with Crippen LogP contribution in [-0.2, 0) is 14.7 Å². The number of benzene rings is 1. The topological polar surface area (TPSA) is 144 Å². The van der Waals surface area contributed by atoms with Crippen molar-refractivity contribution in [1.29, 1.82) is 0 Å². The number of rotatable bonds is 10. The number of ether oxygens (including phenoxy) is 1. The first-order valence-electron chi connectivity index (χ1n) is 11.7. The number of aromatic nitrogens is 1. The molecule has 1 unspecified atom stereocenters. The number of methoxy groups -OCH3 is 1. The van der Waals surface area contributed by atoms with Crippen molar-refractivity contribution in [2.24, 2.45) is 16.0 Å². The van der Waals surface area contributed by atoms with E-state index in [2.05, 4.69) is 14.7 Å². The predicted molar refractivity (Wildman–Crippen MR) is 140 cm³/mol. The summed E-state index contributed by atoms with van der Waals surface area (Å²) in [5.41, 5.74) is 8.02. The minimum Gasteiger partial charge on any atom is -0.0380 e. The fourth-order valence-corrected chi connectivity index (χ4v) is 6.65. The third-order valence-electron chi connectivity index (χ3n) is 6.58. The fraction of sp³-hybridized carbons (Fsp3) is 0.522. The number of nitrogens with zero attached hydrogens (tertiary/aromatic N) is 3. The molecule has 3 rings (SSSR count). The second-order valence-corrected chi connectivity index (χ2v) is 11.3. The second-order valence-electron chi connectivity index (χ2n) is 8.89. The summed E-state index contributed by atoms with van der Waals surface area (Å²) in [6.07, 6.45) is 3.64. The van der Waals surface area contributed by atoms with Gasteiger partial charge in [0.05, 0.1) is 7.11 Å². The zero-order chi connectivity index (χ0) is 26.5. The van der Waals surface area contributed by atoms with Crippen molar-refractivity contribution in [3.05, 3.63) is 39.3 Å². The van der Waals surface area contributed by atoms with E-state index in [1.54, 1.807) is 50.4 Å². The van der Waals surface area contributed by atoms with Crippen LogP contribution in [-0.4, -0.2) is 69.9 Å². The summed E-state index contributed by atoms with van der Waals surface area (Å²) in [5, 5.41) is 5.17. The fourth-order valence-electron chi connectivity index (χ4n) is 4.56. The van der Waals surface area contributed by atoms with Gasteiger partial charge in [0, 0.05) is 0 Å². The number of hydrogen-bond donors (Lipinski definition) is 2. The maximum atomic E-state index is 13.2. The minimum absolute atomic E-state index is 0.0461. The van der Waals surface area contributed by atoms with E-state index in [0.717, 1.165) is 12.7 Å². The summed E-state index contributed by atoms with van der Waals surface area (Å²) in [4.78, 5) is 18.8. The largest absolute Gasteiger partial charge is 0.0380 e. The molecule has 0 saturated carbocycles. The molecule has 0 amide bonds. The first kappa shape index (κ1) is 27.9. The molecule has 1 aromatic heterocycles. The van der Waals surface area contributed by atoms with Crippen LogP contribution in [0.4, 0.5) is 0 Å². The smallest absolute Gasteiger partial charge is 0.00471 e. The molecular weight excluding hydrogens is 501 g/mol. The third-order valence-corrected chi connectivity index (χ3v) is 8.94. The van der Waals surface area contributed by atoms with Gasteiger partial charge >= 0.3 is 156 Å². The summed E-state index contributed by atoms with van der Waals surface area (Å²) < 4.78 is 46.5. The normalized spacial score (nSPS) is 16.0. The van der Waals surface area contributed by atoms with Crippen LogP contribution in [0.2, 0.25) is 0 Å². The molecule has 1 aliphatic rings. The molecule has 10 nitrogen and oxygen atoms in total. The maximum absolute atomic E-state index is 13.2. The van der Waals surface area contributed by atoms with Crippen LogP contribution in [0.15, 0.2) is 26.9 Å². The molecule has 194 valence electrons. The Kier molecular flexibility index (Phi) is 9.37. The number of sulfonamides is 1. The Hall–Kier alpha value is -2.64. The number of likely N-dealkylation sites (tertiary alicyclic amines) is 1. The van der Waals surface area contributed by atoms with Gasteiger partial charge in [-0.15, -0.1) is 0 Å². The van der Waals surface area contributed by atoms with Crippen molar-refractivity contribution in [2.45, 2.75) is 51.0 Å². The molecule has 2 heterocycles. The van der Waals surface area contributed by atoms with Gasteiger partial charge in [-0.05, 0) is 43.5 Å². The van der Waals surface area contributed by atoms with Gasteiger partial charge in [0.2, 0.25) is 0 Å². The number of carbonyl (C=O) groups is 1. The predicted octanol–water partition coefficient (Wildman–Crippen LogP) is 2.03. The van der Waals surface area contributed by atoms with Crippen LogP contribution in [0, 0.1) is 26.7 Å². The second kappa shape index (κ2) is 12.1. The van der Waals surface area contributed by atoms with Crippen LogP contribution in [0.1, 0.15) is 45.8 Å². The number of hydrogen-bond acceptors (Lipinski definition) is 8. The summed E-state index contributed by atoms with van der Waals surface area (Å²) in [7, 11) is -1.75. The van der Waals surface area contributed by atoms with Gasteiger partial charge in [0.15, 0.2) is 0 Å². The standard InChI is InChI=1S/C23H32BN5O5S2/c1-14-11-19(34-4)15(2)16(3)21(14)36(32,33)28-23(25)29-8-5-17(6-9-29)12-18(27-13-24-31)20(30)22-26-7-10-35-22/h7,10-11,17-18,27H,5-6,8-9,12-13H2,1-4H3,(H2,25,28). The molecular formula is C23H32BN5O5S2. The molecule has 0 radical (unpaired) electrons. The molecule has 0 aliphatic carbocycles. The summed E-state index contributed by atoms with van der Waals surface area (Å²) in [5.74, 6) is 0.655. The van der Waals surface area contributed by atoms with Crippen molar-refractivity contribution in [3.8, 4) is 5.75 Å². The van der Waals surface area contributed by atoms with E-state index in [4.69, 9.17) is 10.5 Å². The van der Waals surface area contributed by atoms with Gasteiger partial charge in [-0.2, -0.15) is 0 Å². The van der Waals surface area contributed by atoms with Crippen LogP contribution in [0.5, 0.6) is 5.75 Å². The number of nitrogens with one attached hydrogen (secondary N) is 1. The van der Waals surface area contributed by atoms with Crippen LogP contribution < -0.4 is 15.8 Å². The van der Waals surface area contributed by atoms with Crippen LogP contribution in [0.3, 0.4) is 0 Å². The minimum atomic E-state index is -4.02. The average molecular weight is 533 g/mol. The van der Waals surface area contributed by atoms with Gasteiger partial charge in [-0.1, -0.05) is 0 Å².